The van der Waals surface area contributed by atoms with Crippen LogP contribution in [0.5, 0.6) is 0 Å². The van der Waals surface area contributed by atoms with E-state index in [-0.39, 0.29) is 10.7 Å². The second-order valence-corrected chi connectivity index (χ2v) is 6.17. The minimum absolute atomic E-state index is 0.0699. The first-order chi connectivity index (χ1) is 9.40. The highest BCUT2D eigenvalue weighted by atomic mass is 32.2. The summed E-state index contributed by atoms with van der Waals surface area (Å²) in [5.74, 6) is -0.176. The van der Waals surface area contributed by atoms with Gasteiger partial charge in [-0.25, -0.2) is 13.1 Å². The molecule has 0 fully saturated rings. The molecule has 20 heavy (non-hydrogen) atoms. The molecule has 2 rings (SSSR count). The third-order valence-electron chi connectivity index (χ3n) is 2.90. The van der Waals surface area contributed by atoms with Gasteiger partial charge in [0, 0.05) is 23.4 Å². The summed E-state index contributed by atoms with van der Waals surface area (Å²) in [4.78, 5) is 11.4. The van der Waals surface area contributed by atoms with E-state index < -0.39 is 16.1 Å². The van der Waals surface area contributed by atoms with Crippen LogP contribution in [0.3, 0.4) is 0 Å². The lowest BCUT2D eigenvalue weighted by molar-refractivity contribution is 0.101. The molecule has 0 bridgehead atoms. The first-order valence-electron chi connectivity index (χ1n) is 6.02. The fourth-order valence-corrected chi connectivity index (χ4v) is 3.03. The molecule has 0 aliphatic rings. The quantitative estimate of drug-likeness (QED) is 0.820. The van der Waals surface area contributed by atoms with E-state index in [1.807, 2.05) is 0 Å². The molecule has 2 aromatic rings. The standard InChI is InChI=1S/C13H15N3O3S/c1-9(12-7-14-15-8-12)16-20(18,19)13-5-3-4-11(6-13)10(2)17/h3-9,16H,1-2H3,(H,14,15). The van der Waals surface area contributed by atoms with Gasteiger partial charge in [0.2, 0.25) is 10.0 Å². The Morgan fingerprint density at radius 3 is 2.75 bits per heavy atom. The van der Waals surface area contributed by atoms with E-state index in [1.54, 1.807) is 31.5 Å². The van der Waals surface area contributed by atoms with Gasteiger partial charge in [-0.15, -0.1) is 0 Å². The van der Waals surface area contributed by atoms with Crippen LogP contribution in [0.1, 0.15) is 35.8 Å². The lowest BCUT2D eigenvalue weighted by Crippen LogP contribution is -2.26. The molecule has 7 heteroatoms. The van der Waals surface area contributed by atoms with Gasteiger partial charge in [-0.3, -0.25) is 9.89 Å². The third kappa shape index (κ3) is 3.12. The monoisotopic (exact) mass is 293 g/mol. The first-order valence-corrected chi connectivity index (χ1v) is 7.50. The molecule has 1 atom stereocenters. The maximum atomic E-state index is 12.3. The molecule has 6 nitrogen and oxygen atoms in total. The van der Waals surface area contributed by atoms with Crippen molar-refractivity contribution < 1.29 is 13.2 Å². The number of hydrogen-bond acceptors (Lipinski definition) is 4. The Kier molecular flexibility index (Phi) is 4.01. The van der Waals surface area contributed by atoms with Gasteiger partial charge in [-0.1, -0.05) is 12.1 Å². The molecule has 1 unspecified atom stereocenters. The smallest absolute Gasteiger partial charge is 0.241 e. The Balaban J connectivity index is 2.26. The number of aromatic nitrogens is 2. The number of ketones is 1. The van der Waals surface area contributed by atoms with Crippen LogP contribution in [0.4, 0.5) is 0 Å². The maximum Gasteiger partial charge on any atom is 0.241 e. The van der Waals surface area contributed by atoms with Gasteiger partial charge >= 0.3 is 0 Å². The van der Waals surface area contributed by atoms with Gasteiger partial charge in [0.25, 0.3) is 0 Å². The van der Waals surface area contributed by atoms with E-state index in [4.69, 9.17) is 0 Å². The SMILES string of the molecule is CC(=O)c1cccc(S(=O)(=O)NC(C)c2cn[nH]c2)c1. The summed E-state index contributed by atoms with van der Waals surface area (Å²) in [6.07, 6.45) is 3.18. The van der Waals surface area contributed by atoms with Crippen molar-refractivity contribution in [3.63, 3.8) is 0 Å². The topological polar surface area (TPSA) is 91.9 Å². The van der Waals surface area contributed by atoms with Crippen LogP contribution < -0.4 is 4.72 Å². The second kappa shape index (κ2) is 5.56. The van der Waals surface area contributed by atoms with E-state index >= 15 is 0 Å². The van der Waals surface area contributed by atoms with Gasteiger partial charge in [-0.2, -0.15) is 5.10 Å². The van der Waals surface area contributed by atoms with Crippen LogP contribution in [0.25, 0.3) is 0 Å². The van der Waals surface area contributed by atoms with Crippen molar-refractivity contribution in [2.24, 2.45) is 0 Å². The number of sulfonamides is 1. The highest BCUT2D eigenvalue weighted by molar-refractivity contribution is 7.89. The number of nitrogens with zero attached hydrogens (tertiary/aromatic N) is 1. The summed E-state index contributed by atoms with van der Waals surface area (Å²) in [7, 11) is -3.69. The summed E-state index contributed by atoms with van der Waals surface area (Å²) in [5, 5.41) is 6.41. The van der Waals surface area contributed by atoms with Crippen LogP contribution in [0.2, 0.25) is 0 Å². The number of H-pyrrole nitrogens is 1. The number of carbonyl (C=O) groups is 1. The molecule has 0 aliphatic carbocycles. The fourth-order valence-electron chi connectivity index (χ4n) is 1.75. The highest BCUT2D eigenvalue weighted by Gasteiger charge is 2.19. The van der Waals surface area contributed by atoms with E-state index in [2.05, 4.69) is 14.9 Å². The molecule has 0 saturated carbocycles. The van der Waals surface area contributed by atoms with Gasteiger partial charge in [-0.05, 0) is 26.0 Å². The van der Waals surface area contributed by atoms with Crippen molar-refractivity contribution in [1.29, 1.82) is 0 Å². The highest BCUT2D eigenvalue weighted by Crippen LogP contribution is 2.17. The summed E-state index contributed by atoms with van der Waals surface area (Å²) >= 11 is 0. The Morgan fingerprint density at radius 1 is 1.40 bits per heavy atom. The van der Waals surface area contributed by atoms with Gasteiger partial charge in [0.05, 0.1) is 11.1 Å². The molecule has 106 valence electrons. The number of aromatic amines is 1. The summed E-state index contributed by atoms with van der Waals surface area (Å²) < 4.78 is 27.1. The van der Waals surface area contributed by atoms with E-state index in [9.17, 15) is 13.2 Å². The number of hydrogen-bond donors (Lipinski definition) is 2. The Hall–Kier alpha value is -1.99. The first kappa shape index (κ1) is 14.4. The minimum atomic E-state index is -3.69. The number of benzene rings is 1. The van der Waals surface area contributed by atoms with E-state index in [0.29, 0.717) is 5.56 Å². The van der Waals surface area contributed by atoms with E-state index in [1.165, 1.54) is 19.1 Å². The Morgan fingerprint density at radius 2 is 2.15 bits per heavy atom. The molecule has 1 heterocycles. The number of rotatable bonds is 5. The third-order valence-corrected chi connectivity index (χ3v) is 4.44. The van der Waals surface area contributed by atoms with E-state index in [0.717, 1.165) is 5.56 Å². The average Bonchev–Trinajstić information content (AvgIpc) is 2.92. The lowest BCUT2D eigenvalue weighted by atomic mass is 10.2. The van der Waals surface area contributed by atoms with Crippen molar-refractivity contribution in [3.8, 4) is 0 Å². The second-order valence-electron chi connectivity index (χ2n) is 4.46. The normalized spacial score (nSPS) is 13.1. The van der Waals surface area contributed by atoms with Crippen molar-refractivity contribution >= 4 is 15.8 Å². The van der Waals surface area contributed by atoms with Crippen molar-refractivity contribution in [1.82, 2.24) is 14.9 Å². The van der Waals surface area contributed by atoms with Crippen LogP contribution in [0, 0.1) is 0 Å². The molecule has 0 amide bonds. The van der Waals surface area contributed by atoms with Crippen LogP contribution in [-0.4, -0.2) is 24.4 Å². The molecule has 1 aromatic heterocycles. The molecule has 0 aliphatic heterocycles. The largest absolute Gasteiger partial charge is 0.295 e. The maximum absolute atomic E-state index is 12.3. The predicted molar refractivity (Wildman–Crippen MR) is 73.8 cm³/mol. The number of carbonyl (C=O) groups excluding carboxylic acids is 1. The van der Waals surface area contributed by atoms with Crippen LogP contribution >= 0.6 is 0 Å². The van der Waals surface area contributed by atoms with Gasteiger partial charge < -0.3 is 0 Å². The van der Waals surface area contributed by atoms with Gasteiger partial charge in [0.1, 0.15) is 0 Å². The summed E-state index contributed by atoms with van der Waals surface area (Å²) in [5.41, 5.74) is 1.10. The van der Waals surface area contributed by atoms with Crippen molar-refractivity contribution in [2.45, 2.75) is 24.8 Å². The van der Waals surface area contributed by atoms with Crippen LogP contribution in [0.15, 0.2) is 41.6 Å². The Labute approximate surface area is 117 Å². The minimum Gasteiger partial charge on any atom is -0.295 e. The molecular formula is C13H15N3O3S. The van der Waals surface area contributed by atoms with Crippen molar-refractivity contribution in [3.05, 3.63) is 47.8 Å². The fraction of sp³-hybridized carbons (Fsp3) is 0.231. The summed E-state index contributed by atoms with van der Waals surface area (Å²) in [6, 6.07) is 5.54. The summed E-state index contributed by atoms with van der Waals surface area (Å²) in [6.45, 7) is 3.12. The molecule has 0 saturated heterocycles. The molecule has 0 spiro atoms. The molecular weight excluding hydrogens is 278 g/mol. The predicted octanol–water partition coefficient (Wildman–Crippen LogP) is 1.65. The molecule has 0 radical (unpaired) electrons. The lowest BCUT2D eigenvalue weighted by Gasteiger charge is -2.13. The zero-order valence-electron chi connectivity index (χ0n) is 11.1. The van der Waals surface area contributed by atoms with Crippen LogP contribution in [-0.2, 0) is 10.0 Å². The van der Waals surface area contributed by atoms with Crippen molar-refractivity contribution in [2.75, 3.05) is 0 Å². The average molecular weight is 293 g/mol. The zero-order chi connectivity index (χ0) is 14.8. The Bertz CT molecular complexity index is 708. The number of nitrogens with one attached hydrogen (secondary N) is 2. The van der Waals surface area contributed by atoms with Gasteiger partial charge in [0.15, 0.2) is 5.78 Å². The number of Topliss-reactive ketones (excluding diaryl/α,β-unsaturated/α-hetero) is 1. The molecule has 2 N–H and O–H groups in total. The zero-order valence-corrected chi connectivity index (χ0v) is 11.9. The molecule has 1 aromatic carbocycles.